The molecule has 0 aliphatic carbocycles. The molecule has 2 N–H and O–H groups in total. The molecule has 0 aliphatic heterocycles. The van der Waals surface area contributed by atoms with Crippen molar-refractivity contribution in [2.24, 2.45) is 5.73 Å². The van der Waals surface area contributed by atoms with E-state index in [1.807, 2.05) is 0 Å². The second-order valence-corrected chi connectivity index (χ2v) is 2.19. The molecule has 0 radical (unpaired) electrons. The molecule has 0 saturated carbocycles. The Labute approximate surface area is 73.7 Å². The summed E-state index contributed by atoms with van der Waals surface area (Å²) in [5.74, 6) is -1.32. The second-order valence-electron chi connectivity index (χ2n) is 2.19. The summed E-state index contributed by atoms with van der Waals surface area (Å²) in [4.78, 5) is 21.6. The molecule has 1 heterocycles. The van der Waals surface area contributed by atoms with Crippen LogP contribution in [-0.4, -0.2) is 29.2 Å². The molecule has 1 aromatic heterocycles. The van der Waals surface area contributed by atoms with E-state index in [0.717, 1.165) is 0 Å². The lowest BCUT2D eigenvalue weighted by Crippen LogP contribution is -2.14. The van der Waals surface area contributed by atoms with Gasteiger partial charge in [-0.3, -0.25) is 4.79 Å². The number of primary amides is 1. The Balaban J connectivity index is 3.05. The van der Waals surface area contributed by atoms with E-state index in [4.69, 9.17) is 5.73 Å². The molecule has 1 rings (SSSR count). The molecule has 0 atom stereocenters. The summed E-state index contributed by atoms with van der Waals surface area (Å²) < 4.78 is 4.38. The maximum atomic E-state index is 10.9. The molecule has 0 aliphatic rings. The third kappa shape index (κ3) is 1.98. The minimum absolute atomic E-state index is 0.0428. The number of rotatable bonds is 2. The average Bonchev–Trinajstić information content (AvgIpc) is 2.17. The van der Waals surface area contributed by atoms with Crippen molar-refractivity contribution in [3.8, 4) is 0 Å². The van der Waals surface area contributed by atoms with Gasteiger partial charge >= 0.3 is 5.97 Å². The third-order valence-corrected chi connectivity index (χ3v) is 1.33. The van der Waals surface area contributed by atoms with Gasteiger partial charge in [0.05, 0.1) is 18.9 Å². The van der Waals surface area contributed by atoms with Gasteiger partial charge in [-0.15, -0.1) is 5.10 Å². The van der Waals surface area contributed by atoms with Gasteiger partial charge in [0, 0.05) is 0 Å². The number of nitrogens with two attached hydrogens (primary N) is 1. The van der Waals surface area contributed by atoms with Gasteiger partial charge in [0.15, 0.2) is 5.69 Å². The lowest BCUT2D eigenvalue weighted by molar-refractivity contribution is 0.0592. The summed E-state index contributed by atoms with van der Waals surface area (Å²) >= 11 is 0. The van der Waals surface area contributed by atoms with Gasteiger partial charge in [-0.05, 0) is 6.07 Å². The van der Waals surface area contributed by atoms with Crippen molar-refractivity contribution in [2.45, 2.75) is 0 Å². The SMILES string of the molecule is COC(=O)c1cc(C(N)=O)cnn1. The fourth-order valence-electron chi connectivity index (χ4n) is 0.706. The van der Waals surface area contributed by atoms with Crippen LogP contribution in [0.25, 0.3) is 0 Å². The van der Waals surface area contributed by atoms with Crippen LogP contribution in [-0.2, 0) is 4.74 Å². The van der Waals surface area contributed by atoms with E-state index in [9.17, 15) is 9.59 Å². The molecular formula is C7H7N3O3. The van der Waals surface area contributed by atoms with Gasteiger partial charge in [0.2, 0.25) is 5.91 Å². The van der Waals surface area contributed by atoms with Crippen molar-refractivity contribution in [2.75, 3.05) is 7.11 Å². The number of hydrogen-bond acceptors (Lipinski definition) is 5. The summed E-state index contributed by atoms with van der Waals surface area (Å²) in [6.07, 6.45) is 1.18. The smallest absolute Gasteiger partial charge is 0.358 e. The molecule has 0 bridgehead atoms. The van der Waals surface area contributed by atoms with Crippen LogP contribution in [0.4, 0.5) is 0 Å². The Morgan fingerprint density at radius 2 is 2.23 bits per heavy atom. The van der Waals surface area contributed by atoms with Crippen LogP contribution < -0.4 is 5.73 Å². The molecular weight excluding hydrogens is 174 g/mol. The maximum Gasteiger partial charge on any atom is 0.358 e. The minimum atomic E-state index is -0.667. The molecule has 13 heavy (non-hydrogen) atoms. The minimum Gasteiger partial charge on any atom is -0.464 e. The molecule has 0 fully saturated rings. The molecule has 6 heteroatoms. The number of hydrogen-bond donors (Lipinski definition) is 1. The first kappa shape index (κ1) is 9.11. The van der Waals surface area contributed by atoms with Crippen LogP contribution in [0, 0.1) is 0 Å². The normalized spacial score (nSPS) is 9.31. The van der Waals surface area contributed by atoms with Gasteiger partial charge in [-0.2, -0.15) is 5.10 Å². The molecule has 1 amide bonds. The predicted octanol–water partition coefficient (Wildman–Crippen LogP) is -0.638. The Morgan fingerprint density at radius 1 is 1.54 bits per heavy atom. The third-order valence-electron chi connectivity index (χ3n) is 1.33. The van der Waals surface area contributed by atoms with E-state index in [2.05, 4.69) is 14.9 Å². The molecule has 0 spiro atoms. The lowest BCUT2D eigenvalue weighted by Gasteiger charge is -1.97. The van der Waals surface area contributed by atoms with Crippen LogP contribution in [0.3, 0.4) is 0 Å². The topological polar surface area (TPSA) is 95.2 Å². The number of aromatic nitrogens is 2. The largest absolute Gasteiger partial charge is 0.464 e. The summed E-state index contributed by atoms with van der Waals surface area (Å²) in [5, 5.41) is 6.88. The summed E-state index contributed by atoms with van der Waals surface area (Å²) in [6.45, 7) is 0. The van der Waals surface area contributed by atoms with Crippen LogP contribution in [0.5, 0.6) is 0 Å². The lowest BCUT2D eigenvalue weighted by atomic mass is 10.2. The number of carbonyl (C=O) groups is 2. The highest BCUT2D eigenvalue weighted by molar-refractivity contribution is 5.95. The van der Waals surface area contributed by atoms with Crippen LogP contribution in [0.1, 0.15) is 20.8 Å². The van der Waals surface area contributed by atoms with Gasteiger partial charge in [0.1, 0.15) is 0 Å². The van der Waals surface area contributed by atoms with Gasteiger partial charge < -0.3 is 10.5 Å². The van der Waals surface area contributed by atoms with E-state index >= 15 is 0 Å². The van der Waals surface area contributed by atoms with Gasteiger partial charge in [-0.25, -0.2) is 4.79 Å². The van der Waals surface area contributed by atoms with E-state index in [-0.39, 0.29) is 11.3 Å². The molecule has 0 saturated heterocycles. The van der Waals surface area contributed by atoms with E-state index in [1.54, 1.807) is 0 Å². The first-order valence-electron chi connectivity index (χ1n) is 3.36. The van der Waals surface area contributed by atoms with Gasteiger partial charge in [-0.1, -0.05) is 0 Å². The van der Waals surface area contributed by atoms with Crippen molar-refractivity contribution in [3.63, 3.8) is 0 Å². The Morgan fingerprint density at radius 3 is 2.77 bits per heavy atom. The fraction of sp³-hybridized carbons (Fsp3) is 0.143. The summed E-state index contributed by atoms with van der Waals surface area (Å²) in [6, 6.07) is 1.22. The highest BCUT2D eigenvalue weighted by atomic mass is 16.5. The summed E-state index contributed by atoms with van der Waals surface area (Å²) in [7, 11) is 1.21. The molecule has 68 valence electrons. The Kier molecular flexibility index (Phi) is 2.53. The predicted molar refractivity (Wildman–Crippen MR) is 41.9 cm³/mol. The highest BCUT2D eigenvalue weighted by Gasteiger charge is 2.10. The molecule has 0 unspecified atom stereocenters. The zero-order valence-corrected chi connectivity index (χ0v) is 6.85. The number of esters is 1. The standard InChI is InChI=1S/C7H7N3O3/c1-13-7(12)5-2-4(6(8)11)3-9-10-5/h2-3H,1H3,(H2,8,11). The van der Waals surface area contributed by atoms with Crippen molar-refractivity contribution >= 4 is 11.9 Å². The van der Waals surface area contributed by atoms with Crippen molar-refractivity contribution < 1.29 is 14.3 Å². The number of ether oxygens (including phenoxy) is 1. The van der Waals surface area contributed by atoms with Crippen LogP contribution in [0.15, 0.2) is 12.3 Å². The zero-order valence-electron chi connectivity index (χ0n) is 6.85. The Hall–Kier alpha value is -1.98. The van der Waals surface area contributed by atoms with Crippen molar-refractivity contribution in [1.82, 2.24) is 10.2 Å². The van der Waals surface area contributed by atoms with Crippen molar-refractivity contribution in [1.29, 1.82) is 0 Å². The molecule has 1 aromatic rings. The van der Waals surface area contributed by atoms with Gasteiger partial charge in [0.25, 0.3) is 0 Å². The number of carbonyl (C=O) groups excluding carboxylic acids is 2. The molecule has 0 aromatic carbocycles. The number of methoxy groups -OCH3 is 1. The van der Waals surface area contributed by atoms with Crippen LogP contribution >= 0.6 is 0 Å². The average molecular weight is 181 g/mol. The summed E-state index contributed by atoms with van der Waals surface area (Å²) in [5.41, 5.74) is 5.04. The number of nitrogens with zero attached hydrogens (tertiary/aromatic N) is 2. The monoisotopic (exact) mass is 181 g/mol. The van der Waals surface area contributed by atoms with E-state index in [1.165, 1.54) is 19.4 Å². The second kappa shape index (κ2) is 3.61. The quantitative estimate of drug-likeness (QED) is 0.612. The first-order chi connectivity index (χ1) is 6.15. The highest BCUT2D eigenvalue weighted by Crippen LogP contribution is 1.99. The maximum absolute atomic E-state index is 10.9. The molecule has 6 nitrogen and oxygen atoms in total. The van der Waals surface area contributed by atoms with E-state index in [0.29, 0.717) is 0 Å². The van der Waals surface area contributed by atoms with Crippen LogP contribution in [0.2, 0.25) is 0 Å². The number of amides is 1. The van der Waals surface area contributed by atoms with Crippen molar-refractivity contribution in [3.05, 3.63) is 23.5 Å². The zero-order chi connectivity index (χ0) is 9.84. The fourth-order valence-corrected chi connectivity index (χ4v) is 0.706. The Bertz CT molecular complexity index is 351. The first-order valence-corrected chi connectivity index (χ1v) is 3.36. The van der Waals surface area contributed by atoms with E-state index < -0.39 is 11.9 Å².